The van der Waals surface area contributed by atoms with Gasteiger partial charge in [0.25, 0.3) is 0 Å². The van der Waals surface area contributed by atoms with E-state index in [2.05, 4.69) is 15.0 Å². The lowest BCUT2D eigenvalue weighted by Gasteiger charge is -2.37. The quantitative estimate of drug-likeness (QED) is 0.875. The Bertz CT molecular complexity index is 587. The molecule has 0 aromatic carbocycles. The third-order valence-corrected chi connectivity index (χ3v) is 3.79. The zero-order chi connectivity index (χ0) is 14.7. The zero-order valence-electron chi connectivity index (χ0n) is 11.8. The van der Waals surface area contributed by atoms with Gasteiger partial charge in [0, 0.05) is 18.8 Å². The first-order valence-corrected chi connectivity index (χ1v) is 7.11. The highest BCUT2D eigenvalue weighted by Gasteiger charge is 2.32. The molecule has 112 valence electrons. The van der Waals surface area contributed by atoms with E-state index in [0.29, 0.717) is 25.2 Å². The van der Waals surface area contributed by atoms with E-state index in [1.165, 1.54) is 0 Å². The number of likely N-dealkylation sites (tertiary alicyclic amines) is 1. The molecule has 1 aliphatic heterocycles. The van der Waals surface area contributed by atoms with Crippen molar-refractivity contribution in [1.82, 2.24) is 15.0 Å². The summed E-state index contributed by atoms with van der Waals surface area (Å²) in [5.74, 6) is 0.734. The lowest BCUT2D eigenvalue weighted by molar-refractivity contribution is -0.0699. The summed E-state index contributed by atoms with van der Waals surface area (Å²) in [5.41, 5.74) is 0.486. The fourth-order valence-corrected chi connectivity index (χ4v) is 2.71. The number of aliphatic hydroxyl groups excluding tert-OH is 1. The number of pyridine rings is 1. The van der Waals surface area contributed by atoms with Crippen LogP contribution in [-0.4, -0.2) is 50.6 Å². The summed E-state index contributed by atoms with van der Waals surface area (Å²) in [7, 11) is 0. The van der Waals surface area contributed by atoms with Crippen LogP contribution in [0.1, 0.15) is 18.6 Å². The van der Waals surface area contributed by atoms with E-state index in [9.17, 15) is 10.2 Å². The topological polar surface area (TPSA) is 82.6 Å². The molecule has 1 fully saturated rings. The van der Waals surface area contributed by atoms with Gasteiger partial charge in [-0.05, 0) is 31.5 Å². The summed E-state index contributed by atoms with van der Waals surface area (Å²) in [4.78, 5) is 6.31. The van der Waals surface area contributed by atoms with Crippen molar-refractivity contribution in [2.75, 3.05) is 19.7 Å². The second kappa shape index (κ2) is 5.93. The van der Waals surface area contributed by atoms with Gasteiger partial charge in [0.15, 0.2) is 5.76 Å². The summed E-state index contributed by atoms with van der Waals surface area (Å²) in [5, 5.41) is 23.5. The molecule has 0 saturated carbocycles. The number of hydrogen-bond acceptors (Lipinski definition) is 6. The molecule has 1 atom stereocenters. The highest BCUT2D eigenvalue weighted by molar-refractivity contribution is 5.52. The molecule has 2 aromatic heterocycles. The van der Waals surface area contributed by atoms with Crippen molar-refractivity contribution in [3.05, 3.63) is 36.2 Å². The van der Waals surface area contributed by atoms with Gasteiger partial charge in [-0.2, -0.15) is 0 Å². The number of nitrogens with zero attached hydrogens (tertiary/aromatic N) is 3. The van der Waals surface area contributed by atoms with E-state index in [4.69, 9.17) is 4.52 Å². The zero-order valence-corrected chi connectivity index (χ0v) is 11.8. The van der Waals surface area contributed by atoms with Crippen LogP contribution >= 0.6 is 0 Å². The summed E-state index contributed by atoms with van der Waals surface area (Å²) < 4.78 is 5.35. The SMILES string of the molecule is OC[C@]1(O)CCCN(Cc2cc(-c3ccccn3)no2)C1. The molecule has 0 unspecified atom stereocenters. The molecular formula is C15H19N3O3. The lowest BCUT2D eigenvalue weighted by Crippen LogP contribution is -2.49. The van der Waals surface area contributed by atoms with E-state index < -0.39 is 5.60 Å². The first-order chi connectivity index (χ1) is 10.2. The molecule has 0 amide bonds. The van der Waals surface area contributed by atoms with Gasteiger partial charge in [-0.15, -0.1) is 0 Å². The molecular weight excluding hydrogens is 270 g/mol. The van der Waals surface area contributed by atoms with Crippen LogP contribution in [-0.2, 0) is 6.54 Å². The Labute approximate surface area is 123 Å². The predicted molar refractivity (Wildman–Crippen MR) is 76.3 cm³/mol. The highest BCUT2D eigenvalue weighted by Crippen LogP contribution is 2.23. The van der Waals surface area contributed by atoms with Gasteiger partial charge in [-0.1, -0.05) is 11.2 Å². The molecule has 0 spiro atoms. The van der Waals surface area contributed by atoms with Crippen molar-refractivity contribution < 1.29 is 14.7 Å². The minimum atomic E-state index is -0.998. The maximum atomic E-state index is 10.2. The number of aromatic nitrogens is 2. The third kappa shape index (κ3) is 3.29. The van der Waals surface area contributed by atoms with Gasteiger partial charge in [0.05, 0.1) is 18.8 Å². The Kier molecular flexibility index (Phi) is 4.01. The molecule has 0 bridgehead atoms. The summed E-state index contributed by atoms with van der Waals surface area (Å²) >= 11 is 0. The van der Waals surface area contributed by atoms with Gasteiger partial charge >= 0.3 is 0 Å². The van der Waals surface area contributed by atoms with Crippen LogP contribution < -0.4 is 0 Å². The largest absolute Gasteiger partial charge is 0.393 e. The molecule has 0 radical (unpaired) electrons. The van der Waals surface area contributed by atoms with Gasteiger partial charge in [-0.3, -0.25) is 9.88 Å². The van der Waals surface area contributed by atoms with Crippen molar-refractivity contribution >= 4 is 0 Å². The first kappa shape index (κ1) is 14.2. The molecule has 2 N–H and O–H groups in total. The van der Waals surface area contributed by atoms with E-state index in [1.807, 2.05) is 24.3 Å². The van der Waals surface area contributed by atoms with Gasteiger partial charge in [0.1, 0.15) is 11.3 Å². The number of rotatable bonds is 4. The van der Waals surface area contributed by atoms with Crippen LogP contribution in [0, 0.1) is 0 Å². The highest BCUT2D eigenvalue weighted by atomic mass is 16.5. The van der Waals surface area contributed by atoms with Gasteiger partial charge in [-0.25, -0.2) is 0 Å². The first-order valence-electron chi connectivity index (χ1n) is 7.11. The van der Waals surface area contributed by atoms with Gasteiger partial charge < -0.3 is 14.7 Å². The van der Waals surface area contributed by atoms with Crippen LogP contribution in [0.3, 0.4) is 0 Å². The fourth-order valence-electron chi connectivity index (χ4n) is 2.71. The van der Waals surface area contributed by atoms with E-state index >= 15 is 0 Å². The van der Waals surface area contributed by atoms with Crippen molar-refractivity contribution in [2.45, 2.75) is 25.0 Å². The second-order valence-corrected chi connectivity index (χ2v) is 5.59. The maximum absolute atomic E-state index is 10.2. The molecule has 6 nitrogen and oxygen atoms in total. The average molecular weight is 289 g/mol. The van der Waals surface area contributed by atoms with Crippen molar-refractivity contribution in [3.63, 3.8) is 0 Å². The normalized spacial score (nSPS) is 23.3. The van der Waals surface area contributed by atoms with Crippen molar-refractivity contribution in [2.24, 2.45) is 0 Å². The molecule has 3 heterocycles. The van der Waals surface area contributed by atoms with E-state index in [-0.39, 0.29) is 6.61 Å². The van der Waals surface area contributed by atoms with Crippen LogP contribution in [0.5, 0.6) is 0 Å². The number of aliphatic hydroxyl groups is 2. The molecule has 3 rings (SSSR count). The lowest BCUT2D eigenvalue weighted by atomic mass is 9.94. The Morgan fingerprint density at radius 1 is 1.33 bits per heavy atom. The average Bonchev–Trinajstić information content (AvgIpc) is 2.97. The summed E-state index contributed by atoms with van der Waals surface area (Å²) in [6, 6.07) is 7.51. The minimum absolute atomic E-state index is 0.209. The number of piperidine rings is 1. The van der Waals surface area contributed by atoms with Crippen molar-refractivity contribution in [1.29, 1.82) is 0 Å². The molecule has 1 saturated heterocycles. The predicted octanol–water partition coefficient (Wildman–Crippen LogP) is 1.06. The Morgan fingerprint density at radius 2 is 2.24 bits per heavy atom. The number of β-amino-alcohol motifs (C(OH)–C–C–N with tert-alkyl or cyclic N) is 1. The molecule has 2 aromatic rings. The Balaban J connectivity index is 1.67. The smallest absolute Gasteiger partial charge is 0.151 e. The number of hydrogen-bond donors (Lipinski definition) is 2. The standard InChI is InChI=1S/C15H19N3O3/c19-11-15(20)5-3-7-18(10-15)9-12-8-14(17-21-12)13-4-1-2-6-16-13/h1-2,4,6,8,19-20H,3,5,7,9-11H2/t15-/m0/s1. The van der Waals surface area contributed by atoms with Crippen LogP contribution in [0.15, 0.2) is 35.0 Å². The third-order valence-electron chi connectivity index (χ3n) is 3.79. The van der Waals surface area contributed by atoms with Crippen LogP contribution in [0.2, 0.25) is 0 Å². The maximum Gasteiger partial charge on any atom is 0.151 e. The fraction of sp³-hybridized carbons (Fsp3) is 0.467. The second-order valence-electron chi connectivity index (χ2n) is 5.59. The summed E-state index contributed by atoms with van der Waals surface area (Å²) in [6.07, 6.45) is 3.21. The molecule has 6 heteroatoms. The van der Waals surface area contributed by atoms with Crippen LogP contribution in [0.25, 0.3) is 11.4 Å². The van der Waals surface area contributed by atoms with E-state index in [1.54, 1.807) is 6.20 Å². The Hall–Kier alpha value is -1.76. The molecule has 1 aliphatic rings. The Morgan fingerprint density at radius 3 is 3.00 bits per heavy atom. The van der Waals surface area contributed by atoms with E-state index in [0.717, 1.165) is 24.4 Å². The summed E-state index contributed by atoms with van der Waals surface area (Å²) in [6.45, 7) is 1.69. The minimum Gasteiger partial charge on any atom is -0.393 e. The van der Waals surface area contributed by atoms with Crippen molar-refractivity contribution in [3.8, 4) is 11.4 Å². The van der Waals surface area contributed by atoms with Gasteiger partial charge in [0.2, 0.25) is 0 Å². The molecule has 21 heavy (non-hydrogen) atoms. The monoisotopic (exact) mass is 289 g/mol. The van der Waals surface area contributed by atoms with Crippen LogP contribution in [0.4, 0.5) is 0 Å². The molecule has 0 aliphatic carbocycles.